The van der Waals surface area contributed by atoms with E-state index >= 15 is 0 Å². The minimum Gasteiger partial charge on any atom is -0.497 e. The summed E-state index contributed by atoms with van der Waals surface area (Å²) in [6, 6.07) is 16.1. The topological polar surface area (TPSA) is 79.2 Å². The van der Waals surface area contributed by atoms with E-state index in [-0.39, 0.29) is 18.6 Å². The van der Waals surface area contributed by atoms with E-state index in [2.05, 4.69) is 37.1 Å². The Bertz CT molecular complexity index is 863. The van der Waals surface area contributed by atoms with Crippen LogP contribution in [0.15, 0.2) is 48.5 Å². The molecule has 0 heterocycles. The highest BCUT2D eigenvalue weighted by Gasteiger charge is 2.23. The number of nitriles is 1. The molecule has 0 spiro atoms. The molecule has 2 aromatic rings. The van der Waals surface area contributed by atoms with Gasteiger partial charge in [0.2, 0.25) is 5.91 Å². The molecule has 0 fully saturated rings. The van der Waals surface area contributed by atoms with Crippen molar-refractivity contribution < 1.29 is 14.3 Å². The zero-order chi connectivity index (χ0) is 20.7. The van der Waals surface area contributed by atoms with Gasteiger partial charge in [-0.25, -0.2) is 0 Å². The molecule has 28 heavy (non-hydrogen) atoms. The monoisotopic (exact) mass is 394 g/mol. The second-order valence-corrected chi connectivity index (χ2v) is 12.8. The molecule has 5 nitrogen and oxygen atoms in total. The highest BCUT2D eigenvalue weighted by atomic mass is 28.3. The number of hydrogen-bond donors (Lipinski definition) is 1. The number of rotatable bonds is 8. The molecule has 6 heteroatoms. The number of Topliss-reactive ketones (excluding diaryl/α,β-unsaturated/α-hetero) is 1. The van der Waals surface area contributed by atoms with Gasteiger partial charge in [0.15, 0.2) is 5.78 Å². The van der Waals surface area contributed by atoms with Crippen LogP contribution in [0.5, 0.6) is 5.75 Å². The zero-order valence-electron chi connectivity index (χ0n) is 16.8. The van der Waals surface area contributed by atoms with Crippen molar-refractivity contribution in [1.29, 1.82) is 5.26 Å². The number of ketones is 1. The predicted molar refractivity (Wildman–Crippen MR) is 112 cm³/mol. The minimum atomic E-state index is -1.40. The molecule has 1 N–H and O–H groups in total. The molecule has 1 amide bonds. The summed E-state index contributed by atoms with van der Waals surface area (Å²) in [5.74, 6) is 0.0724. The Morgan fingerprint density at radius 1 is 1.07 bits per heavy atom. The lowest BCUT2D eigenvalue weighted by molar-refractivity contribution is -0.127. The normalized spacial score (nSPS) is 12.0. The van der Waals surface area contributed by atoms with Crippen LogP contribution in [0.4, 0.5) is 0 Å². The fraction of sp³-hybridized carbons (Fsp3) is 0.318. The third-order valence-corrected chi connectivity index (χ3v) is 6.58. The van der Waals surface area contributed by atoms with Crippen LogP contribution >= 0.6 is 0 Å². The van der Waals surface area contributed by atoms with Crippen molar-refractivity contribution in [3.05, 3.63) is 59.7 Å². The fourth-order valence-electron chi connectivity index (χ4n) is 2.86. The predicted octanol–water partition coefficient (Wildman–Crippen LogP) is 3.12. The van der Waals surface area contributed by atoms with Gasteiger partial charge in [0, 0.05) is 6.42 Å². The molecule has 0 aliphatic rings. The molecular weight excluding hydrogens is 368 g/mol. The van der Waals surface area contributed by atoms with Crippen molar-refractivity contribution in [3.63, 3.8) is 0 Å². The summed E-state index contributed by atoms with van der Waals surface area (Å²) in [6.07, 6.45) is -0.0830. The van der Waals surface area contributed by atoms with Gasteiger partial charge in [0.05, 0.1) is 21.3 Å². The summed E-state index contributed by atoms with van der Waals surface area (Å²) in [5.41, 5.74) is 1.57. The molecule has 0 saturated heterocycles. The Balaban J connectivity index is 2.22. The lowest BCUT2D eigenvalue weighted by Crippen LogP contribution is -2.37. The molecule has 0 bridgehead atoms. The van der Waals surface area contributed by atoms with Crippen molar-refractivity contribution in [3.8, 4) is 11.8 Å². The molecule has 1 atom stereocenters. The average molecular weight is 395 g/mol. The third-order valence-electron chi connectivity index (χ3n) is 4.51. The van der Waals surface area contributed by atoms with Crippen molar-refractivity contribution in [2.24, 2.45) is 0 Å². The molecule has 2 aromatic carbocycles. The lowest BCUT2D eigenvalue weighted by atomic mass is 9.97. The van der Waals surface area contributed by atoms with Crippen LogP contribution < -0.4 is 15.2 Å². The van der Waals surface area contributed by atoms with Gasteiger partial charge >= 0.3 is 0 Å². The van der Waals surface area contributed by atoms with Gasteiger partial charge in [0.1, 0.15) is 18.2 Å². The highest BCUT2D eigenvalue weighted by Crippen LogP contribution is 2.20. The van der Waals surface area contributed by atoms with Crippen LogP contribution in [-0.4, -0.2) is 26.9 Å². The smallest absolute Gasteiger partial charge is 0.235 e. The Hall–Kier alpha value is -2.91. The fourth-order valence-corrected chi connectivity index (χ4v) is 4.02. The number of hydrogen-bond acceptors (Lipinski definition) is 4. The number of nitrogens with zero attached hydrogens (tertiary/aromatic N) is 1. The first kappa shape index (κ1) is 21.4. The molecule has 1 unspecified atom stereocenters. The number of methoxy groups -OCH3 is 1. The summed E-state index contributed by atoms with van der Waals surface area (Å²) >= 11 is 0. The molecule has 0 radical (unpaired) electrons. The van der Waals surface area contributed by atoms with E-state index in [1.165, 1.54) is 5.19 Å². The number of carbonyl (C=O) groups is 2. The Kier molecular flexibility index (Phi) is 7.13. The number of ether oxygens (including phenoxy) is 1. The average Bonchev–Trinajstić information content (AvgIpc) is 2.66. The van der Waals surface area contributed by atoms with E-state index in [1.807, 2.05) is 18.2 Å². The Morgan fingerprint density at radius 2 is 1.68 bits per heavy atom. The van der Waals surface area contributed by atoms with Gasteiger partial charge in [0.25, 0.3) is 0 Å². The first-order chi connectivity index (χ1) is 13.2. The van der Waals surface area contributed by atoms with E-state index in [0.29, 0.717) is 11.3 Å². The van der Waals surface area contributed by atoms with Crippen molar-refractivity contribution in [2.45, 2.75) is 38.5 Å². The largest absolute Gasteiger partial charge is 0.497 e. The second-order valence-electron chi connectivity index (χ2n) is 7.70. The summed E-state index contributed by atoms with van der Waals surface area (Å²) in [5, 5.41) is 12.8. The maximum atomic E-state index is 13.0. The molecule has 2 rings (SSSR count). The van der Waals surface area contributed by atoms with Gasteiger partial charge in [-0.15, -0.1) is 0 Å². The third kappa shape index (κ3) is 5.79. The van der Waals surface area contributed by atoms with Gasteiger partial charge in [-0.3, -0.25) is 9.59 Å². The summed E-state index contributed by atoms with van der Waals surface area (Å²) < 4.78 is 5.15. The summed E-state index contributed by atoms with van der Waals surface area (Å²) in [7, 11) is 0.171. The highest BCUT2D eigenvalue weighted by molar-refractivity contribution is 6.88. The van der Waals surface area contributed by atoms with Crippen molar-refractivity contribution in [1.82, 2.24) is 5.32 Å². The number of carbonyl (C=O) groups excluding carboxylic acids is 2. The van der Waals surface area contributed by atoms with E-state index in [0.717, 1.165) is 5.56 Å². The lowest BCUT2D eigenvalue weighted by Gasteiger charge is -2.19. The standard InChI is InChI=1S/C22H26N2O3Si/c1-27-18-9-7-17(8-10-18)22(24-21(26)13-14-23)20(25)15-16-5-11-19(12-6-16)28(2,3)4/h5-12,22H,13,15H2,1-4H3,(H,24,26). The quantitative estimate of drug-likeness (QED) is 0.698. The number of benzene rings is 2. The maximum absolute atomic E-state index is 13.0. The number of amides is 1. The Morgan fingerprint density at radius 3 is 2.18 bits per heavy atom. The zero-order valence-corrected chi connectivity index (χ0v) is 17.8. The van der Waals surface area contributed by atoms with Crippen LogP contribution in [-0.2, 0) is 16.0 Å². The van der Waals surface area contributed by atoms with Crippen LogP contribution in [0.2, 0.25) is 19.6 Å². The van der Waals surface area contributed by atoms with Crippen molar-refractivity contribution >= 4 is 25.0 Å². The van der Waals surface area contributed by atoms with Crippen LogP contribution in [0.3, 0.4) is 0 Å². The molecule has 0 saturated carbocycles. The number of nitrogens with one attached hydrogen (secondary N) is 1. The molecule has 146 valence electrons. The van der Waals surface area contributed by atoms with Gasteiger partial charge in [-0.05, 0) is 23.3 Å². The van der Waals surface area contributed by atoms with E-state index in [1.54, 1.807) is 31.4 Å². The van der Waals surface area contributed by atoms with E-state index < -0.39 is 20.0 Å². The molecular formula is C22H26N2O3Si. The molecule has 0 aliphatic heterocycles. The first-order valence-electron chi connectivity index (χ1n) is 9.17. The van der Waals surface area contributed by atoms with E-state index in [9.17, 15) is 9.59 Å². The minimum absolute atomic E-state index is 0.128. The van der Waals surface area contributed by atoms with Gasteiger partial charge in [-0.1, -0.05) is 61.2 Å². The SMILES string of the molecule is COc1ccc(C(NC(=O)CC#N)C(=O)Cc2ccc([Si](C)(C)C)cc2)cc1. The first-order valence-corrected chi connectivity index (χ1v) is 12.7. The molecule has 0 aliphatic carbocycles. The van der Waals surface area contributed by atoms with E-state index in [4.69, 9.17) is 10.00 Å². The van der Waals surface area contributed by atoms with Crippen LogP contribution in [0.25, 0.3) is 0 Å². The Labute approximate surface area is 167 Å². The maximum Gasteiger partial charge on any atom is 0.235 e. The van der Waals surface area contributed by atoms with Crippen LogP contribution in [0.1, 0.15) is 23.6 Å². The summed E-state index contributed by atoms with van der Waals surface area (Å²) in [4.78, 5) is 24.9. The summed E-state index contributed by atoms with van der Waals surface area (Å²) in [6.45, 7) is 6.83. The van der Waals surface area contributed by atoms with Crippen LogP contribution in [0, 0.1) is 11.3 Å². The second kappa shape index (κ2) is 9.33. The molecule has 0 aromatic heterocycles. The van der Waals surface area contributed by atoms with Crippen molar-refractivity contribution in [2.75, 3.05) is 7.11 Å². The van der Waals surface area contributed by atoms with Gasteiger partial charge < -0.3 is 10.1 Å². The van der Waals surface area contributed by atoms with Gasteiger partial charge in [-0.2, -0.15) is 5.26 Å².